The number of fused-ring (bicyclic) bond motifs is 1. The minimum Gasteiger partial charge on any atom is -0.355 e. The number of anilines is 1. The molecule has 1 fully saturated rings. The van der Waals surface area contributed by atoms with Crippen molar-refractivity contribution in [1.82, 2.24) is 4.90 Å². The fourth-order valence-corrected chi connectivity index (χ4v) is 3.92. The van der Waals surface area contributed by atoms with Gasteiger partial charge in [0.05, 0.1) is 5.69 Å². The number of carbonyl (C=O) groups excluding carboxylic acids is 2. The first-order valence-corrected chi connectivity index (χ1v) is 9.95. The molecule has 2 aliphatic heterocycles. The standard InChI is InChI=1S/C21H19Cl2N3O2/c22-14-5-6-18-16(12-14)20(26-9-7-15(27)8-10-26)24-19(21(28)25-18)11-13-3-1-2-4-17(13)23/h1-6,12,19H,7-11H2,(H,25,28). The maximum atomic E-state index is 12.9. The second kappa shape index (κ2) is 7.94. The lowest BCUT2D eigenvalue weighted by atomic mass is 10.1. The van der Waals surface area contributed by atoms with Gasteiger partial charge in [-0.3, -0.25) is 14.6 Å². The number of benzene rings is 2. The van der Waals surface area contributed by atoms with Gasteiger partial charge >= 0.3 is 0 Å². The second-order valence-electron chi connectivity index (χ2n) is 6.97. The normalized spacial score (nSPS) is 19.6. The Morgan fingerprint density at radius 2 is 1.82 bits per heavy atom. The molecule has 1 saturated heterocycles. The number of nitrogens with zero attached hydrogens (tertiary/aromatic N) is 2. The van der Waals surface area contributed by atoms with Crippen LogP contribution in [-0.2, 0) is 16.0 Å². The highest BCUT2D eigenvalue weighted by Crippen LogP contribution is 2.28. The number of benzodiazepines with no additional fused rings is 1. The number of piperidine rings is 1. The van der Waals surface area contributed by atoms with Gasteiger partial charge in [0, 0.05) is 48.0 Å². The number of carbonyl (C=O) groups is 2. The van der Waals surface area contributed by atoms with E-state index in [2.05, 4.69) is 10.2 Å². The summed E-state index contributed by atoms with van der Waals surface area (Å²) in [4.78, 5) is 31.5. The lowest BCUT2D eigenvalue weighted by molar-refractivity contribution is -0.121. The number of amidine groups is 1. The Labute approximate surface area is 173 Å². The van der Waals surface area contributed by atoms with Crippen LogP contribution in [0.3, 0.4) is 0 Å². The molecule has 2 aromatic carbocycles. The van der Waals surface area contributed by atoms with Crippen molar-refractivity contribution in [2.24, 2.45) is 4.99 Å². The van der Waals surface area contributed by atoms with E-state index < -0.39 is 6.04 Å². The van der Waals surface area contributed by atoms with E-state index in [4.69, 9.17) is 28.2 Å². The molecule has 0 radical (unpaired) electrons. The number of hydrogen-bond acceptors (Lipinski definition) is 4. The lowest BCUT2D eigenvalue weighted by Gasteiger charge is -2.30. The number of ketones is 1. The Hall–Kier alpha value is -2.37. The highest BCUT2D eigenvalue weighted by molar-refractivity contribution is 6.31. The Bertz CT molecular complexity index is 964. The third-order valence-electron chi connectivity index (χ3n) is 5.05. The predicted molar refractivity (Wildman–Crippen MR) is 111 cm³/mol. The van der Waals surface area contributed by atoms with E-state index in [0.717, 1.165) is 11.1 Å². The Kier molecular flexibility index (Phi) is 5.38. The van der Waals surface area contributed by atoms with Gasteiger partial charge in [-0.25, -0.2) is 0 Å². The van der Waals surface area contributed by atoms with Crippen molar-refractivity contribution in [2.75, 3.05) is 18.4 Å². The Balaban J connectivity index is 1.75. The number of aliphatic imine (C=N–C) groups is 1. The summed E-state index contributed by atoms with van der Waals surface area (Å²) in [6.07, 6.45) is 1.35. The van der Waals surface area contributed by atoms with Crippen molar-refractivity contribution < 1.29 is 9.59 Å². The number of rotatable bonds is 2. The zero-order valence-corrected chi connectivity index (χ0v) is 16.6. The van der Waals surface area contributed by atoms with Crippen molar-refractivity contribution >= 4 is 46.4 Å². The van der Waals surface area contributed by atoms with E-state index in [1.165, 1.54) is 0 Å². The van der Waals surface area contributed by atoms with E-state index in [0.29, 0.717) is 53.9 Å². The molecule has 1 N–H and O–H groups in total. The van der Waals surface area contributed by atoms with Crippen LogP contribution in [0.25, 0.3) is 0 Å². The van der Waals surface area contributed by atoms with Gasteiger partial charge in [-0.2, -0.15) is 0 Å². The van der Waals surface area contributed by atoms with Gasteiger partial charge in [-0.1, -0.05) is 41.4 Å². The first kappa shape index (κ1) is 19.0. The molecule has 2 heterocycles. The van der Waals surface area contributed by atoms with Crippen molar-refractivity contribution in [2.45, 2.75) is 25.3 Å². The summed E-state index contributed by atoms with van der Waals surface area (Å²) >= 11 is 12.5. The predicted octanol–water partition coefficient (Wildman–Crippen LogP) is 3.97. The van der Waals surface area contributed by atoms with Gasteiger partial charge in [0.25, 0.3) is 0 Å². The second-order valence-corrected chi connectivity index (χ2v) is 7.81. The average molecular weight is 416 g/mol. The molecule has 0 bridgehead atoms. The topological polar surface area (TPSA) is 61.8 Å². The molecule has 28 heavy (non-hydrogen) atoms. The molecular formula is C21H19Cl2N3O2. The van der Waals surface area contributed by atoms with E-state index in [-0.39, 0.29) is 11.7 Å². The van der Waals surface area contributed by atoms with E-state index >= 15 is 0 Å². The van der Waals surface area contributed by atoms with Gasteiger partial charge in [-0.05, 0) is 29.8 Å². The average Bonchev–Trinajstić information content (AvgIpc) is 2.81. The number of hydrogen-bond donors (Lipinski definition) is 1. The van der Waals surface area contributed by atoms with Crippen LogP contribution in [-0.4, -0.2) is 41.6 Å². The van der Waals surface area contributed by atoms with Crippen molar-refractivity contribution in [1.29, 1.82) is 0 Å². The minimum atomic E-state index is -0.626. The summed E-state index contributed by atoms with van der Waals surface area (Å²) in [5, 5.41) is 4.15. The third-order valence-corrected chi connectivity index (χ3v) is 5.66. The third kappa shape index (κ3) is 3.91. The molecular weight excluding hydrogens is 397 g/mol. The zero-order chi connectivity index (χ0) is 19.7. The van der Waals surface area contributed by atoms with Crippen LogP contribution in [0.5, 0.6) is 0 Å². The number of likely N-dealkylation sites (tertiary alicyclic amines) is 1. The van der Waals surface area contributed by atoms with Crippen LogP contribution in [0.2, 0.25) is 10.0 Å². The molecule has 2 aromatic rings. The molecule has 1 atom stereocenters. The Morgan fingerprint density at radius 1 is 1.07 bits per heavy atom. The lowest BCUT2D eigenvalue weighted by Crippen LogP contribution is -2.40. The molecule has 0 saturated carbocycles. The molecule has 0 aliphatic carbocycles. The van der Waals surface area contributed by atoms with Gasteiger partial charge < -0.3 is 10.2 Å². The summed E-state index contributed by atoms with van der Waals surface area (Å²) in [5.41, 5.74) is 2.31. The molecule has 2 aliphatic rings. The number of Topliss-reactive ketones (excluding diaryl/α,β-unsaturated/α-hetero) is 1. The van der Waals surface area contributed by atoms with E-state index in [9.17, 15) is 9.59 Å². The van der Waals surface area contributed by atoms with Crippen LogP contribution in [0.1, 0.15) is 24.0 Å². The highest BCUT2D eigenvalue weighted by Gasteiger charge is 2.30. The maximum absolute atomic E-state index is 12.9. The number of halogens is 2. The fourth-order valence-electron chi connectivity index (χ4n) is 3.53. The van der Waals surface area contributed by atoms with Crippen LogP contribution in [0.4, 0.5) is 5.69 Å². The molecule has 1 amide bonds. The molecule has 5 nitrogen and oxygen atoms in total. The quantitative estimate of drug-likeness (QED) is 0.806. The van der Waals surface area contributed by atoms with Gasteiger partial charge in [0.1, 0.15) is 17.7 Å². The van der Waals surface area contributed by atoms with Crippen LogP contribution >= 0.6 is 23.2 Å². The molecule has 0 spiro atoms. The number of amides is 1. The maximum Gasteiger partial charge on any atom is 0.249 e. The zero-order valence-electron chi connectivity index (χ0n) is 15.1. The smallest absolute Gasteiger partial charge is 0.249 e. The largest absolute Gasteiger partial charge is 0.355 e. The van der Waals surface area contributed by atoms with Gasteiger partial charge in [0.2, 0.25) is 5.91 Å². The molecule has 4 rings (SSSR count). The summed E-state index contributed by atoms with van der Waals surface area (Å²) < 4.78 is 0. The van der Waals surface area contributed by atoms with Crippen LogP contribution in [0.15, 0.2) is 47.5 Å². The van der Waals surface area contributed by atoms with E-state index in [1.807, 2.05) is 24.3 Å². The minimum absolute atomic E-state index is 0.188. The summed E-state index contributed by atoms with van der Waals surface area (Å²) in [6.45, 7) is 1.16. The number of nitrogens with one attached hydrogen (secondary N) is 1. The van der Waals surface area contributed by atoms with Crippen molar-refractivity contribution in [3.8, 4) is 0 Å². The van der Waals surface area contributed by atoms with Crippen molar-refractivity contribution in [3.63, 3.8) is 0 Å². The molecule has 144 valence electrons. The first-order chi connectivity index (χ1) is 13.5. The monoisotopic (exact) mass is 415 g/mol. The van der Waals surface area contributed by atoms with E-state index in [1.54, 1.807) is 18.2 Å². The molecule has 7 heteroatoms. The Morgan fingerprint density at radius 3 is 2.57 bits per heavy atom. The van der Waals surface area contributed by atoms with Crippen molar-refractivity contribution in [3.05, 3.63) is 63.6 Å². The summed E-state index contributed by atoms with van der Waals surface area (Å²) in [6, 6.07) is 12.2. The highest BCUT2D eigenvalue weighted by atomic mass is 35.5. The van der Waals surface area contributed by atoms with Gasteiger partial charge in [-0.15, -0.1) is 0 Å². The first-order valence-electron chi connectivity index (χ1n) is 9.20. The summed E-state index contributed by atoms with van der Waals surface area (Å²) in [5.74, 6) is 0.755. The SMILES string of the molecule is O=C1CCN(C2=NC(Cc3ccccc3Cl)C(=O)Nc3ccc(Cl)cc32)CC1. The van der Waals surface area contributed by atoms with Gasteiger partial charge in [0.15, 0.2) is 0 Å². The molecule has 1 unspecified atom stereocenters. The van der Waals surface area contributed by atoms with Crippen LogP contribution in [0, 0.1) is 0 Å². The summed E-state index contributed by atoms with van der Waals surface area (Å²) in [7, 11) is 0. The molecule has 0 aromatic heterocycles. The van der Waals surface area contributed by atoms with Crippen LogP contribution < -0.4 is 5.32 Å². The fraction of sp³-hybridized carbons (Fsp3) is 0.286.